The summed E-state index contributed by atoms with van der Waals surface area (Å²) in [6.45, 7) is 9.12. The van der Waals surface area contributed by atoms with Crippen LogP contribution in [0.1, 0.15) is 50.9 Å². The van der Waals surface area contributed by atoms with E-state index in [0.29, 0.717) is 18.5 Å². The van der Waals surface area contributed by atoms with Crippen LogP contribution in [0.3, 0.4) is 0 Å². The first-order chi connectivity index (χ1) is 7.52. The molecule has 2 N–H and O–H groups in total. The molecular weight excluding hydrogens is 202 g/mol. The summed E-state index contributed by atoms with van der Waals surface area (Å²) in [5.74, 6) is 1.26. The first-order valence-electron chi connectivity index (χ1n) is 5.88. The maximum atomic E-state index is 5.65. The van der Waals surface area contributed by atoms with Crippen LogP contribution in [0, 0.1) is 0 Å². The maximum absolute atomic E-state index is 5.65. The lowest BCUT2D eigenvalue weighted by molar-refractivity contribution is 0.341. The van der Waals surface area contributed by atoms with Crippen molar-refractivity contribution in [3.8, 4) is 5.88 Å². The Labute approximate surface area is 97.8 Å². The van der Waals surface area contributed by atoms with Crippen molar-refractivity contribution < 1.29 is 4.74 Å². The predicted molar refractivity (Wildman–Crippen MR) is 66.0 cm³/mol. The minimum atomic E-state index is 0.305. The lowest BCUT2D eigenvalue weighted by atomic mass is 10.0. The lowest BCUT2D eigenvalue weighted by Gasteiger charge is -2.10. The highest BCUT2D eigenvalue weighted by molar-refractivity contribution is 5.34. The van der Waals surface area contributed by atoms with E-state index in [1.54, 1.807) is 7.11 Å². The van der Waals surface area contributed by atoms with Crippen LogP contribution in [0.15, 0.2) is 0 Å². The molecule has 4 nitrogen and oxygen atoms in total. The van der Waals surface area contributed by atoms with Gasteiger partial charge in [0.15, 0.2) is 0 Å². The molecule has 0 radical (unpaired) electrons. The number of methoxy groups -OCH3 is 1. The van der Waals surface area contributed by atoms with Crippen LogP contribution >= 0.6 is 0 Å². The molecule has 1 aromatic rings. The molecule has 0 aliphatic rings. The van der Waals surface area contributed by atoms with Crippen molar-refractivity contribution >= 4 is 0 Å². The number of nitrogens with zero attached hydrogens (tertiary/aromatic N) is 2. The van der Waals surface area contributed by atoms with Crippen LogP contribution in [0.2, 0.25) is 0 Å². The van der Waals surface area contributed by atoms with Crippen molar-refractivity contribution in [3.05, 3.63) is 11.3 Å². The number of aromatic nitrogens is 2. The van der Waals surface area contributed by atoms with Gasteiger partial charge in [-0.2, -0.15) is 5.10 Å². The molecule has 1 rings (SSSR count). The van der Waals surface area contributed by atoms with Crippen molar-refractivity contribution in [1.82, 2.24) is 9.78 Å². The Morgan fingerprint density at radius 1 is 1.31 bits per heavy atom. The molecule has 0 aliphatic carbocycles. The summed E-state index contributed by atoms with van der Waals surface area (Å²) in [6, 6.07) is 0.305. The predicted octanol–water partition coefficient (Wildman–Crippen LogP) is 2.10. The topological polar surface area (TPSA) is 53.1 Å². The number of hydrogen-bond acceptors (Lipinski definition) is 3. The Hall–Kier alpha value is -1.03. The summed E-state index contributed by atoms with van der Waals surface area (Å²) >= 11 is 0. The van der Waals surface area contributed by atoms with Gasteiger partial charge in [0.2, 0.25) is 5.88 Å². The fourth-order valence-electron chi connectivity index (χ4n) is 1.88. The van der Waals surface area contributed by atoms with Gasteiger partial charge in [-0.05, 0) is 32.7 Å². The summed E-state index contributed by atoms with van der Waals surface area (Å²) in [4.78, 5) is 0. The highest BCUT2D eigenvalue weighted by atomic mass is 16.5. The van der Waals surface area contributed by atoms with Gasteiger partial charge in [-0.15, -0.1) is 0 Å². The van der Waals surface area contributed by atoms with Crippen LogP contribution in [0.4, 0.5) is 0 Å². The van der Waals surface area contributed by atoms with E-state index in [-0.39, 0.29) is 0 Å². The Morgan fingerprint density at radius 2 is 1.94 bits per heavy atom. The summed E-state index contributed by atoms with van der Waals surface area (Å²) in [5, 5.41) is 4.63. The number of ether oxygens (including phenoxy) is 1. The maximum Gasteiger partial charge on any atom is 0.215 e. The molecule has 0 saturated carbocycles. The Balaban J connectivity index is 3.27. The van der Waals surface area contributed by atoms with E-state index in [4.69, 9.17) is 10.5 Å². The first kappa shape index (κ1) is 13.0. The van der Waals surface area contributed by atoms with Gasteiger partial charge in [0.05, 0.1) is 18.8 Å². The highest BCUT2D eigenvalue weighted by Gasteiger charge is 2.21. The minimum absolute atomic E-state index is 0.305. The molecule has 4 heteroatoms. The highest BCUT2D eigenvalue weighted by Crippen LogP contribution is 2.30. The van der Waals surface area contributed by atoms with Crippen molar-refractivity contribution in [3.63, 3.8) is 0 Å². The van der Waals surface area contributed by atoms with Crippen molar-refractivity contribution in [2.45, 2.75) is 46.1 Å². The van der Waals surface area contributed by atoms with Crippen LogP contribution < -0.4 is 10.5 Å². The Morgan fingerprint density at radius 3 is 2.31 bits per heavy atom. The van der Waals surface area contributed by atoms with Crippen LogP contribution in [0.25, 0.3) is 0 Å². The van der Waals surface area contributed by atoms with E-state index in [1.165, 1.54) is 0 Å². The Bertz CT molecular complexity index is 342. The lowest BCUT2D eigenvalue weighted by Crippen LogP contribution is -2.07. The second kappa shape index (κ2) is 5.34. The number of nitrogens with two attached hydrogens (primary N) is 1. The fraction of sp³-hybridized carbons (Fsp3) is 0.750. The zero-order chi connectivity index (χ0) is 12.3. The molecule has 1 aromatic heterocycles. The largest absolute Gasteiger partial charge is 0.481 e. The van der Waals surface area contributed by atoms with Gasteiger partial charge < -0.3 is 10.5 Å². The summed E-state index contributed by atoms with van der Waals surface area (Å²) in [7, 11) is 1.69. The monoisotopic (exact) mass is 225 g/mol. The van der Waals surface area contributed by atoms with Gasteiger partial charge in [0.25, 0.3) is 0 Å². The molecule has 0 bridgehead atoms. The fourth-order valence-corrected chi connectivity index (χ4v) is 1.88. The third kappa shape index (κ3) is 2.38. The standard InChI is InChI=1S/C12H23N3O/c1-8(2)11-10(6-7-13)12(16-5)15(14-11)9(3)4/h8-9H,6-7,13H2,1-5H3. The molecular formula is C12H23N3O. The summed E-state index contributed by atoms with van der Waals surface area (Å²) in [6.07, 6.45) is 0.823. The molecule has 0 atom stereocenters. The van der Waals surface area contributed by atoms with E-state index in [9.17, 15) is 0 Å². The molecule has 16 heavy (non-hydrogen) atoms. The average molecular weight is 225 g/mol. The molecule has 0 amide bonds. The molecule has 0 unspecified atom stereocenters. The molecule has 0 aromatic carbocycles. The van der Waals surface area contributed by atoms with E-state index in [2.05, 4.69) is 32.8 Å². The quantitative estimate of drug-likeness (QED) is 0.835. The van der Waals surface area contributed by atoms with Gasteiger partial charge in [0, 0.05) is 5.56 Å². The second-order valence-corrected chi connectivity index (χ2v) is 4.60. The number of hydrogen-bond donors (Lipinski definition) is 1. The van der Waals surface area contributed by atoms with Gasteiger partial charge in [-0.1, -0.05) is 13.8 Å². The van der Waals surface area contributed by atoms with Crippen LogP contribution in [-0.2, 0) is 6.42 Å². The van der Waals surface area contributed by atoms with E-state index in [0.717, 1.165) is 23.6 Å². The molecule has 0 aliphatic heterocycles. The van der Waals surface area contributed by atoms with Crippen molar-refractivity contribution in [1.29, 1.82) is 0 Å². The molecule has 0 saturated heterocycles. The first-order valence-corrected chi connectivity index (χ1v) is 5.88. The van der Waals surface area contributed by atoms with E-state index >= 15 is 0 Å². The average Bonchev–Trinajstić information content (AvgIpc) is 2.57. The third-order valence-electron chi connectivity index (χ3n) is 2.61. The van der Waals surface area contributed by atoms with Crippen molar-refractivity contribution in [2.75, 3.05) is 13.7 Å². The Kier molecular flexibility index (Phi) is 4.35. The van der Waals surface area contributed by atoms with Crippen LogP contribution in [-0.4, -0.2) is 23.4 Å². The van der Waals surface area contributed by atoms with Gasteiger partial charge in [-0.25, -0.2) is 4.68 Å². The van der Waals surface area contributed by atoms with E-state index in [1.807, 2.05) is 4.68 Å². The van der Waals surface area contributed by atoms with Gasteiger partial charge in [-0.3, -0.25) is 0 Å². The van der Waals surface area contributed by atoms with Crippen LogP contribution in [0.5, 0.6) is 5.88 Å². The molecule has 0 fully saturated rings. The molecule has 92 valence electrons. The third-order valence-corrected chi connectivity index (χ3v) is 2.61. The SMILES string of the molecule is COc1c(CCN)c(C(C)C)nn1C(C)C. The molecule has 1 heterocycles. The summed E-state index contributed by atoms with van der Waals surface area (Å²) in [5.41, 5.74) is 7.91. The minimum Gasteiger partial charge on any atom is -0.481 e. The van der Waals surface area contributed by atoms with Gasteiger partial charge in [0.1, 0.15) is 0 Å². The number of rotatable bonds is 5. The zero-order valence-electron chi connectivity index (χ0n) is 10.9. The van der Waals surface area contributed by atoms with Crippen molar-refractivity contribution in [2.24, 2.45) is 5.73 Å². The van der Waals surface area contributed by atoms with E-state index < -0.39 is 0 Å². The zero-order valence-corrected chi connectivity index (χ0v) is 10.9. The summed E-state index contributed by atoms with van der Waals surface area (Å²) < 4.78 is 7.41. The van der Waals surface area contributed by atoms with Gasteiger partial charge >= 0.3 is 0 Å². The smallest absolute Gasteiger partial charge is 0.215 e. The normalized spacial score (nSPS) is 11.5. The second-order valence-electron chi connectivity index (χ2n) is 4.60. The molecule has 0 spiro atoms.